The molecule has 1 aliphatic heterocycles. The van der Waals surface area contributed by atoms with Crippen LogP contribution < -0.4 is 5.32 Å². The van der Waals surface area contributed by atoms with Crippen LogP contribution >= 0.6 is 12.4 Å². The Morgan fingerprint density at radius 2 is 2.00 bits per heavy atom. The van der Waals surface area contributed by atoms with Crippen LogP contribution in [0.15, 0.2) is 0 Å². The van der Waals surface area contributed by atoms with Crippen LogP contribution in [0.25, 0.3) is 0 Å². The molecule has 68 valence electrons. The second-order valence-electron chi connectivity index (χ2n) is 3.96. The van der Waals surface area contributed by atoms with E-state index in [1.165, 1.54) is 0 Å². The van der Waals surface area contributed by atoms with Gasteiger partial charge in [0.1, 0.15) is 0 Å². The zero-order chi connectivity index (χ0) is 7.78. The summed E-state index contributed by atoms with van der Waals surface area (Å²) in [6.07, 6.45) is 0.747. The first-order valence-electron chi connectivity index (χ1n) is 3.95. The minimum absolute atomic E-state index is 0. The summed E-state index contributed by atoms with van der Waals surface area (Å²) < 4.78 is 0. The van der Waals surface area contributed by atoms with Gasteiger partial charge in [-0.2, -0.15) is 0 Å². The van der Waals surface area contributed by atoms with Crippen LogP contribution in [0.2, 0.25) is 0 Å². The molecule has 0 saturated carbocycles. The number of hydrogen-bond acceptors (Lipinski definition) is 2. The third-order valence-electron chi connectivity index (χ3n) is 2.36. The molecule has 3 heteroatoms. The van der Waals surface area contributed by atoms with Gasteiger partial charge in [-0.05, 0) is 32.7 Å². The van der Waals surface area contributed by atoms with E-state index in [-0.39, 0.29) is 24.0 Å². The third-order valence-corrected chi connectivity index (χ3v) is 2.36. The average molecular weight is 180 g/mol. The minimum atomic E-state index is -0.184. The van der Waals surface area contributed by atoms with Crippen molar-refractivity contribution < 1.29 is 5.11 Å². The molecule has 0 aromatic heterocycles. The number of aliphatic hydroxyl groups excluding tert-OH is 1. The molecule has 0 bridgehead atoms. The van der Waals surface area contributed by atoms with Crippen LogP contribution in [0, 0.1) is 5.92 Å². The first kappa shape index (κ1) is 11.2. The average Bonchev–Trinajstić information content (AvgIpc) is 1.81. The summed E-state index contributed by atoms with van der Waals surface area (Å²) in [7, 11) is 0. The zero-order valence-electron chi connectivity index (χ0n) is 7.42. The molecule has 1 unspecified atom stereocenters. The van der Waals surface area contributed by atoms with E-state index in [4.69, 9.17) is 0 Å². The highest BCUT2D eigenvalue weighted by Gasteiger charge is 2.32. The largest absolute Gasteiger partial charge is 0.391 e. The number of hydrogen-bond donors (Lipinski definition) is 2. The molecule has 11 heavy (non-hydrogen) atoms. The lowest BCUT2D eigenvalue weighted by atomic mass is 9.85. The summed E-state index contributed by atoms with van der Waals surface area (Å²) in [6, 6.07) is 0. The van der Waals surface area contributed by atoms with Crippen LogP contribution in [-0.4, -0.2) is 23.3 Å². The third kappa shape index (κ3) is 2.62. The molecular weight excluding hydrogens is 162 g/mol. The summed E-state index contributed by atoms with van der Waals surface area (Å²) in [6.45, 7) is 7.28. The highest BCUT2D eigenvalue weighted by atomic mass is 35.5. The number of aliphatic hydroxyl groups is 1. The number of halogens is 1. The Morgan fingerprint density at radius 3 is 2.36 bits per heavy atom. The van der Waals surface area contributed by atoms with E-state index in [1.807, 2.05) is 13.8 Å². The van der Waals surface area contributed by atoms with Gasteiger partial charge in [0, 0.05) is 5.54 Å². The van der Waals surface area contributed by atoms with Gasteiger partial charge in [-0.15, -0.1) is 12.4 Å². The van der Waals surface area contributed by atoms with Gasteiger partial charge in [-0.25, -0.2) is 0 Å². The smallest absolute Gasteiger partial charge is 0.0719 e. The standard InChI is InChI=1S/C8H17NO.ClH/c1-6-4-7(10)8(2,3)9-5-6;/h6-7,9-10H,4-5H2,1-3H3;1H/t6?,7-;/m0./s1. The molecule has 0 aromatic carbocycles. The fraction of sp³-hybridized carbons (Fsp3) is 1.00. The maximum absolute atomic E-state index is 9.54. The Labute approximate surface area is 74.8 Å². The fourth-order valence-electron chi connectivity index (χ4n) is 1.31. The highest BCUT2D eigenvalue weighted by molar-refractivity contribution is 5.85. The Kier molecular flexibility index (Phi) is 3.82. The van der Waals surface area contributed by atoms with Crippen LogP contribution in [0.4, 0.5) is 0 Å². The minimum Gasteiger partial charge on any atom is -0.391 e. The van der Waals surface area contributed by atoms with Gasteiger partial charge in [0.05, 0.1) is 6.10 Å². The van der Waals surface area contributed by atoms with Crippen molar-refractivity contribution in [2.45, 2.75) is 38.8 Å². The lowest BCUT2D eigenvalue weighted by Crippen LogP contribution is -2.55. The van der Waals surface area contributed by atoms with Crippen molar-refractivity contribution in [2.75, 3.05) is 6.54 Å². The van der Waals surface area contributed by atoms with Gasteiger partial charge in [0.2, 0.25) is 0 Å². The zero-order valence-corrected chi connectivity index (χ0v) is 8.24. The molecule has 1 aliphatic rings. The van der Waals surface area contributed by atoms with Gasteiger partial charge in [0.15, 0.2) is 0 Å². The Hall–Kier alpha value is 0.210. The van der Waals surface area contributed by atoms with E-state index >= 15 is 0 Å². The quantitative estimate of drug-likeness (QED) is 0.586. The molecule has 2 nitrogen and oxygen atoms in total. The molecule has 0 spiro atoms. The fourth-order valence-corrected chi connectivity index (χ4v) is 1.31. The molecule has 0 amide bonds. The lowest BCUT2D eigenvalue weighted by molar-refractivity contribution is 0.0319. The van der Waals surface area contributed by atoms with Gasteiger partial charge >= 0.3 is 0 Å². The van der Waals surface area contributed by atoms with Crippen molar-refractivity contribution in [1.82, 2.24) is 5.32 Å². The molecule has 1 fully saturated rings. The molecule has 2 atom stereocenters. The summed E-state index contributed by atoms with van der Waals surface area (Å²) in [5, 5.41) is 12.9. The summed E-state index contributed by atoms with van der Waals surface area (Å²) in [5.41, 5.74) is -0.0769. The summed E-state index contributed by atoms with van der Waals surface area (Å²) >= 11 is 0. The second kappa shape index (κ2) is 3.74. The monoisotopic (exact) mass is 179 g/mol. The van der Waals surface area contributed by atoms with Crippen LogP contribution in [-0.2, 0) is 0 Å². The van der Waals surface area contributed by atoms with Gasteiger partial charge in [-0.1, -0.05) is 6.92 Å². The molecule has 1 heterocycles. The number of piperidine rings is 1. The predicted octanol–water partition coefficient (Wildman–Crippen LogP) is 1.18. The van der Waals surface area contributed by atoms with E-state index in [0.29, 0.717) is 5.92 Å². The Bertz CT molecular complexity index is 127. The van der Waals surface area contributed by atoms with Crippen LogP contribution in [0.3, 0.4) is 0 Å². The van der Waals surface area contributed by atoms with Crippen LogP contribution in [0.5, 0.6) is 0 Å². The van der Waals surface area contributed by atoms with Crippen molar-refractivity contribution in [1.29, 1.82) is 0 Å². The van der Waals surface area contributed by atoms with Gasteiger partial charge in [0.25, 0.3) is 0 Å². The molecule has 1 rings (SSSR count). The van der Waals surface area contributed by atoms with Crippen LogP contribution in [0.1, 0.15) is 27.2 Å². The van der Waals surface area contributed by atoms with Crippen molar-refractivity contribution in [2.24, 2.45) is 5.92 Å². The first-order chi connectivity index (χ1) is 4.52. The molecule has 2 N–H and O–H groups in total. The summed E-state index contributed by atoms with van der Waals surface area (Å²) in [5.74, 6) is 0.614. The normalized spacial score (nSPS) is 36.0. The Morgan fingerprint density at radius 1 is 1.45 bits per heavy atom. The van der Waals surface area contributed by atoms with Crippen molar-refractivity contribution >= 4 is 12.4 Å². The Balaban J connectivity index is 0.000001000. The predicted molar refractivity (Wildman–Crippen MR) is 49.1 cm³/mol. The van der Waals surface area contributed by atoms with Gasteiger partial charge in [-0.3, -0.25) is 0 Å². The summed E-state index contributed by atoms with van der Waals surface area (Å²) in [4.78, 5) is 0. The maximum atomic E-state index is 9.54. The van der Waals surface area contributed by atoms with E-state index in [0.717, 1.165) is 13.0 Å². The SMILES string of the molecule is CC1CNC(C)(C)[C@@H](O)C1.Cl. The molecular formula is C8H18ClNO. The van der Waals surface area contributed by atoms with E-state index in [9.17, 15) is 5.11 Å². The van der Waals surface area contributed by atoms with Gasteiger partial charge < -0.3 is 10.4 Å². The number of nitrogens with one attached hydrogen (secondary N) is 1. The van der Waals surface area contributed by atoms with Crippen molar-refractivity contribution in [3.05, 3.63) is 0 Å². The highest BCUT2D eigenvalue weighted by Crippen LogP contribution is 2.21. The molecule has 0 aromatic rings. The van der Waals surface area contributed by atoms with Crippen molar-refractivity contribution in [3.63, 3.8) is 0 Å². The first-order valence-corrected chi connectivity index (χ1v) is 3.95. The molecule has 0 radical (unpaired) electrons. The topological polar surface area (TPSA) is 32.3 Å². The van der Waals surface area contributed by atoms with E-state index in [2.05, 4.69) is 12.2 Å². The van der Waals surface area contributed by atoms with E-state index < -0.39 is 0 Å². The van der Waals surface area contributed by atoms with Crippen molar-refractivity contribution in [3.8, 4) is 0 Å². The molecule has 1 saturated heterocycles. The lowest BCUT2D eigenvalue weighted by Gasteiger charge is -2.39. The number of rotatable bonds is 0. The maximum Gasteiger partial charge on any atom is 0.0719 e. The van der Waals surface area contributed by atoms with E-state index in [1.54, 1.807) is 0 Å². The molecule has 0 aliphatic carbocycles. The second-order valence-corrected chi connectivity index (χ2v) is 3.96.